The number of likely N-dealkylation sites (tertiary alicyclic amines) is 3. The zero-order chi connectivity index (χ0) is 90.8. The minimum absolute atomic E-state index is 0.0383. The van der Waals surface area contributed by atoms with Crippen molar-refractivity contribution in [3.8, 4) is 44.5 Å². The molecule has 28 nitrogen and oxygen atoms in total. The normalized spacial score (nSPS) is 15.5. The second-order valence-corrected chi connectivity index (χ2v) is 33.8. The molecule has 28 heteroatoms. The minimum atomic E-state index is -1.49. The molecule has 3 aliphatic heterocycles. The van der Waals surface area contributed by atoms with Crippen LogP contribution in [0.1, 0.15) is 172 Å². The lowest BCUT2D eigenvalue weighted by molar-refractivity contribution is -0.158. The minimum Gasteiger partial charge on any atom is -0.481 e. The average Bonchev–Trinajstić information content (AvgIpc) is 1.63. The standard InChI is InChI=1S/C29H36N2O5.2C25H28N2O5.C20H19NO6/c1-29(2,3)36-26(32)18-25(27(33)31-16-10-5-11-17-31)30(4)28(34)35-19-24-22-14-8-6-12-20(22)21-13-7-9-15-23(21)24;1-26(22(15-23(28)29)24(30)27-13-7-2-8-14-27)25(31)32-16-21-19-11-5-3-9-17(19)18-10-4-6-12-20(18)21;1-26(22(24(29)30)15-23(28)27-13-7-2-8-14-27)25(31)32-16-21-19-11-5-3-9-17(19)18-10-4-6-12-20(18)21;1-21(17(19(24)25)10-18(22)23)20(26)27-11-16-14-8-4-2-6-12(14)13-7-3-5-9-15(13)16/h6-9,12-15,24-25H,5,10-11,16-19H2,1-4H3;3-6,9-12,21-22H,2,7-8,13-16H2,1H3,(H,28,29);3-6,9-12,21-22H,2,7-8,13-16H2,1H3,(H,29,30);2-9,16-17H,10-11H2,1H3,(H,22,23)(H,24,25)/t25-;2*22-;17-/m0000/s1. The van der Waals surface area contributed by atoms with Crippen LogP contribution in [0.5, 0.6) is 0 Å². The fraction of sp³-hybridized carbons (Fsp3) is 0.394. The Balaban J connectivity index is 0.000000154. The maximum absolute atomic E-state index is 13.4. The molecule has 0 aromatic heterocycles. The number of carbonyl (C=O) groups excluding carboxylic acids is 8. The Morgan fingerprint density at radius 3 is 0.756 bits per heavy atom. The number of likely N-dealkylation sites (N-methyl/N-ethyl adjacent to an activating group) is 4. The summed E-state index contributed by atoms with van der Waals surface area (Å²) in [5.41, 5.74) is 16.9. The van der Waals surface area contributed by atoms with Gasteiger partial charge in [-0.25, -0.2) is 28.8 Å². The summed E-state index contributed by atoms with van der Waals surface area (Å²) in [6, 6.07) is 59.2. The van der Waals surface area contributed by atoms with E-state index < -0.39 is 96.8 Å². The third-order valence-electron chi connectivity index (χ3n) is 24.4. The van der Waals surface area contributed by atoms with Crippen LogP contribution in [-0.2, 0) is 62.0 Å². The molecule has 0 radical (unpaired) electrons. The van der Waals surface area contributed by atoms with Crippen LogP contribution in [0, 0.1) is 0 Å². The zero-order valence-electron chi connectivity index (χ0n) is 72.7. The van der Waals surface area contributed by atoms with Crippen LogP contribution in [0.15, 0.2) is 194 Å². The highest BCUT2D eigenvalue weighted by Crippen LogP contribution is 2.49. The Morgan fingerprint density at radius 2 is 0.520 bits per heavy atom. The number of amides is 7. The monoisotopic (exact) mass is 1730 g/mol. The summed E-state index contributed by atoms with van der Waals surface area (Å²) < 4.78 is 27.8. The molecular weight excluding hydrogens is 1620 g/mol. The van der Waals surface area contributed by atoms with E-state index in [4.69, 9.17) is 33.9 Å². The third-order valence-corrected chi connectivity index (χ3v) is 24.4. The fourth-order valence-electron chi connectivity index (χ4n) is 17.8. The topological polar surface area (TPSA) is 355 Å². The maximum Gasteiger partial charge on any atom is 0.410 e. The quantitative estimate of drug-likeness (QED) is 0.0322. The molecule has 3 fully saturated rings. The first-order chi connectivity index (χ1) is 61.0. The lowest BCUT2D eigenvalue weighted by atomic mass is 9.98. The number of carboxylic acids is 4. The van der Waals surface area contributed by atoms with Crippen molar-refractivity contribution in [2.24, 2.45) is 0 Å². The van der Waals surface area contributed by atoms with E-state index in [2.05, 4.69) is 48.5 Å². The highest BCUT2D eigenvalue weighted by atomic mass is 16.6. The number of fused-ring (bicyclic) bond motifs is 12. The number of carboxylic acid groups (broad SMARTS) is 4. The van der Waals surface area contributed by atoms with Crippen molar-refractivity contribution in [1.29, 1.82) is 0 Å². The van der Waals surface area contributed by atoms with Gasteiger partial charge in [-0.1, -0.05) is 194 Å². The van der Waals surface area contributed by atoms with Gasteiger partial charge in [0.1, 0.15) is 56.2 Å². The molecule has 0 unspecified atom stereocenters. The molecule has 4 aliphatic carbocycles. The van der Waals surface area contributed by atoms with Gasteiger partial charge >= 0.3 is 54.2 Å². The van der Waals surface area contributed by atoms with Gasteiger partial charge in [0.15, 0.2) is 0 Å². The summed E-state index contributed by atoms with van der Waals surface area (Å²) in [6.07, 6.45) is 4.10. The van der Waals surface area contributed by atoms with Crippen LogP contribution in [0.25, 0.3) is 44.5 Å². The first-order valence-corrected chi connectivity index (χ1v) is 43.3. The summed E-state index contributed by atoms with van der Waals surface area (Å²) in [4.78, 5) is 157. The Labute approximate surface area is 738 Å². The molecule has 4 N–H and O–H groups in total. The molecule has 7 amide bonds. The maximum atomic E-state index is 13.4. The number of hydrogen-bond donors (Lipinski definition) is 4. The van der Waals surface area contributed by atoms with Gasteiger partial charge in [0, 0.05) is 91.1 Å². The van der Waals surface area contributed by atoms with E-state index in [1.807, 2.05) is 146 Å². The number of hydrogen-bond acceptors (Lipinski definition) is 17. The van der Waals surface area contributed by atoms with Gasteiger partial charge in [-0.3, -0.25) is 48.4 Å². The first kappa shape index (κ1) is 92.8. The Morgan fingerprint density at radius 1 is 0.307 bits per heavy atom. The fourth-order valence-corrected chi connectivity index (χ4v) is 17.8. The van der Waals surface area contributed by atoms with Gasteiger partial charge in [0.05, 0.1) is 25.7 Å². The first-order valence-electron chi connectivity index (χ1n) is 43.3. The van der Waals surface area contributed by atoms with Gasteiger partial charge in [-0.2, -0.15) is 0 Å². The van der Waals surface area contributed by atoms with E-state index in [0.717, 1.165) is 162 Å². The van der Waals surface area contributed by atoms with Crippen molar-refractivity contribution in [3.63, 3.8) is 0 Å². The van der Waals surface area contributed by atoms with Gasteiger partial charge in [0.25, 0.3) is 0 Å². The molecule has 4 atom stereocenters. The van der Waals surface area contributed by atoms with E-state index in [1.165, 1.54) is 33.1 Å². The van der Waals surface area contributed by atoms with Crippen molar-refractivity contribution < 1.29 is 102 Å². The van der Waals surface area contributed by atoms with Crippen LogP contribution in [0.4, 0.5) is 19.2 Å². The van der Waals surface area contributed by atoms with Crippen molar-refractivity contribution in [1.82, 2.24) is 34.3 Å². The predicted molar refractivity (Wildman–Crippen MR) is 473 cm³/mol. The number of esters is 1. The van der Waals surface area contributed by atoms with Crippen LogP contribution in [0.3, 0.4) is 0 Å². The van der Waals surface area contributed by atoms with Crippen molar-refractivity contribution in [3.05, 3.63) is 239 Å². The third kappa shape index (κ3) is 22.5. The van der Waals surface area contributed by atoms with E-state index in [-0.39, 0.29) is 80.7 Å². The summed E-state index contributed by atoms with van der Waals surface area (Å²) in [5.74, 6) is -6.83. The van der Waals surface area contributed by atoms with Gasteiger partial charge < -0.3 is 58.8 Å². The summed E-state index contributed by atoms with van der Waals surface area (Å²) in [6.45, 7) is 9.46. The molecular formula is C99H111N7O21. The van der Waals surface area contributed by atoms with Crippen LogP contribution in [0.2, 0.25) is 0 Å². The highest BCUT2D eigenvalue weighted by Gasteiger charge is 2.42. The molecule has 8 aromatic rings. The van der Waals surface area contributed by atoms with Crippen molar-refractivity contribution >= 4 is 71.9 Å². The molecule has 15 rings (SSSR count). The smallest absolute Gasteiger partial charge is 0.410 e. The lowest BCUT2D eigenvalue weighted by Gasteiger charge is -2.34. The number of aliphatic carboxylic acids is 4. The van der Waals surface area contributed by atoms with E-state index in [9.17, 15) is 67.7 Å². The number of nitrogens with zero attached hydrogens (tertiary/aromatic N) is 7. The number of rotatable bonds is 24. The summed E-state index contributed by atoms with van der Waals surface area (Å²) >= 11 is 0. The second-order valence-electron chi connectivity index (χ2n) is 33.8. The molecule has 127 heavy (non-hydrogen) atoms. The van der Waals surface area contributed by atoms with Gasteiger partial charge in [-0.15, -0.1) is 0 Å². The Hall–Kier alpha value is -13.4. The molecule has 668 valence electrons. The number of benzene rings is 8. The highest BCUT2D eigenvalue weighted by molar-refractivity contribution is 5.92. The number of carbonyl (C=O) groups is 12. The second kappa shape index (κ2) is 42.5. The molecule has 0 saturated carbocycles. The van der Waals surface area contributed by atoms with Crippen LogP contribution >= 0.6 is 0 Å². The molecule has 0 bridgehead atoms. The SMILES string of the molecule is CN(C(=O)OCC1c2ccccc2-c2ccccc21)[C@@H](CC(=O)N1CCCCC1)C(=O)O.CN(C(=O)OCC1c2ccccc2-c2ccccc21)[C@@H](CC(=O)O)C(=O)N1CCCCC1.CN(C(=O)OCC1c2ccccc2-c2ccccc21)[C@@H](CC(=O)O)C(=O)O.CN(C(=O)OCC1c2ccccc2-c2ccccc21)[C@@H](CC(=O)OC(C)(C)C)C(=O)N1CCCCC1. The van der Waals surface area contributed by atoms with Crippen LogP contribution in [-0.4, -0.2) is 250 Å². The molecule has 0 spiro atoms. The van der Waals surface area contributed by atoms with Crippen molar-refractivity contribution in [2.45, 2.75) is 158 Å². The van der Waals surface area contributed by atoms with Gasteiger partial charge in [-0.05, 0) is 168 Å². The van der Waals surface area contributed by atoms with Gasteiger partial charge in [0.2, 0.25) is 17.7 Å². The van der Waals surface area contributed by atoms with Crippen LogP contribution < -0.4 is 0 Å². The predicted octanol–water partition coefficient (Wildman–Crippen LogP) is 15.2. The zero-order valence-corrected chi connectivity index (χ0v) is 72.7. The van der Waals surface area contributed by atoms with E-state index in [1.54, 1.807) is 35.5 Å². The summed E-state index contributed by atoms with van der Waals surface area (Å²) in [7, 11) is 5.56. The summed E-state index contributed by atoms with van der Waals surface area (Å²) in [5, 5.41) is 37.0. The largest absolute Gasteiger partial charge is 0.481 e. The molecule has 8 aromatic carbocycles. The van der Waals surface area contributed by atoms with E-state index in [0.29, 0.717) is 39.3 Å². The molecule has 3 heterocycles. The van der Waals surface area contributed by atoms with E-state index >= 15 is 0 Å². The lowest BCUT2D eigenvalue weighted by Crippen LogP contribution is -2.52. The number of ether oxygens (including phenoxy) is 5. The molecule has 7 aliphatic rings. The number of piperidine rings is 3. The Kier molecular flexibility index (Phi) is 31.1. The van der Waals surface area contributed by atoms with Crippen molar-refractivity contribution in [2.75, 3.05) is 93.9 Å². The Bertz CT molecular complexity index is 5160. The average molecular weight is 1740 g/mol. The molecule has 3 saturated heterocycles.